The van der Waals surface area contributed by atoms with Gasteiger partial charge in [-0.25, -0.2) is 0 Å². The van der Waals surface area contributed by atoms with E-state index in [1.54, 1.807) is 0 Å². The number of nitrogens with one attached hydrogen (secondary N) is 1. The molecule has 0 spiro atoms. The van der Waals surface area contributed by atoms with E-state index in [0.717, 1.165) is 96.3 Å². The first kappa shape index (κ1) is 87.4. The summed E-state index contributed by atoms with van der Waals surface area (Å²) in [7, 11) is 0. The van der Waals surface area contributed by atoms with Gasteiger partial charge in [0.15, 0.2) is 18.9 Å². The zero-order valence-electron chi connectivity index (χ0n) is 59.3. The number of aliphatic hydroxyl groups is 11. The topological polar surface area (TPSA) is 307 Å². The van der Waals surface area contributed by atoms with E-state index in [2.05, 4.69) is 92.1 Å². The van der Waals surface area contributed by atoms with Crippen LogP contribution in [0.3, 0.4) is 0 Å². The highest BCUT2D eigenvalue weighted by Gasteiger charge is 2.53. The van der Waals surface area contributed by atoms with Crippen molar-refractivity contribution < 1.29 is 89.4 Å². The number of aliphatic hydroxyl groups excluding tert-OH is 11. The van der Waals surface area contributed by atoms with Gasteiger partial charge in [-0.05, 0) is 64.2 Å². The zero-order valence-corrected chi connectivity index (χ0v) is 59.3. The summed E-state index contributed by atoms with van der Waals surface area (Å²) in [4.78, 5) is 13.5. The van der Waals surface area contributed by atoms with Gasteiger partial charge in [0, 0.05) is 6.42 Å². The summed E-state index contributed by atoms with van der Waals surface area (Å²) in [6.07, 6.45) is 46.8. The predicted octanol–water partition coefficient (Wildman–Crippen LogP) is 11.7. The first-order valence-electron chi connectivity index (χ1n) is 38.2. The lowest BCUT2D eigenvalue weighted by atomic mass is 9.96. The molecule has 3 saturated heterocycles. The molecule has 3 aliphatic heterocycles. The normalized spacial score (nSPS) is 27.4. The second kappa shape index (κ2) is 57.8. The minimum atomic E-state index is -1.98. The Morgan fingerprint density at radius 2 is 0.719 bits per heavy atom. The predicted molar refractivity (Wildman–Crippen MR) is 378 cm³/mol. The SMILES string of the molecule is CC/C=C\C/C=C\C/C=C\C/C=C\C/C=C\C/C=C\CCCCCCCCCCCCC(=O)NC(COC1OC(CO)C(OC2OC(CO)C(OC3OC(CO)C(O)C(O)C3O)C(O)C2O)C(O)C1O)C(O)CCCCCCCCCCCCCCCCCCCCCCCC. The molecule has 19 nitrogen and oxygen atoms in total. The summed E-state index contributed by atoms with van der Waals surface area (Å²) in [6.45, 7) is 1.71. The molecule has 0 aromatic heterocycles. The zero-order chi connectivity index (χ0) is 69.6. The third-order valence-corrected chi connectivity index (χ3v) is 18.8. The largest absolute Gasteiger partial charge is 0.394 e. The summed E-state index contributed by atoms with van der Waals surface area (Å²) < 4.78 is 34.5. The van der Waals surface area contributed by atoms with Crippen LogP contribution >= 0.6 is 0 Å². The van der Waals surface area contributed by atoms with E-state index in [0.29, 0.717) is 12.8 Å². The number of hydrogen-bond acceptors (Lipinski definition) is 18. The smallest absolute Gasteiger partial charge is 0.220 e. The van der Waals surface area contributed by atoms with E-state index < -0.39 is 124 Å². The molecular formula is C77H137NO18. The van der Waals surface area contributed by atoms with Gasteiger partial charge in [0.05, 0.1) is 38.6 Å². The van der Waals surface area contributed by atoms with Crippen LogP contribution in [0, 0.1) is 0 Å². The number of carbonyl (C=O) groups excluding carboxylic acids is 1. The van der Waals surface area contributed by atoms with Crippen LogP contribution in [0.4, 0.5) is 0 Å². The van der Waals surface area contributed by atoms with Gasteiger partial charge in [-0.3, -0.25) is 4.79 Å². The molecule has 0 aliphatic carbocycles. The molecular weight excluding hydrogens is 1230 g/mol. The summed E-state index contributed by atoms with van der Waals surface area (Å²) >= 11 is 0. The fourth-order valence-corrected chi connectivity index (χ4v) is 12.7. The molecule has 3 rings (SSSR count). The molecule has 12 N–H and O–H groups in total. The van der Waals surface area contributed by atoms with Gasteiger partial charge < -0.3 is 89.9 Å². The van der Waals surface area contributed by atoms with Crippen LogP contribution in [0.5, 0.6) is 0 Å². The van der Waals surface area contributed by atoms with Crippen molar-refractivity contribution in [1.82, 2.24) is 5.32 Å². The highest BCUT2D eigenvalue weighted by Crippen LogP contribution is 2.33. The molecule has 1 amide bonds. The van der Waals surface area contributed by atoms with Crippen molar-refractivity contribution >= 4 is 5.91 Å². The van der Waals surface area contributed by atoms with Crippen LogP contribution in [0.25, 0.3) is 0 Å². The van der Waals surface area contributed by atoms with Gasteiger partial charge >= 0.3 is 0 Å². The molecule has 17 atom stereocenters. The number of allylic oxidation sites excluding steroid dienone is 12. The highest BCUT2D eigenvalue weighted by atomic mass is 16.8. The summed E-state index contributed by atoms with van der Waals surface area (Å²) in [5.41, 5.74) is 0. The molecule has 558 valence electrons. The van der Waals surface area contributed by atoms with Crippen molar-refractivity contribution in [1.29, 1.82) is 0 Å². The molecule has 0 radical (unpaired) electrons. The molecule has 17 unspecified atom stereocenters. The van der Waals surface area contributed by atoms with E-state index in [1.807, 2.05) is 0 Å². The van der Waals surface area contributed by atoms with Gasteiger partial charge in [0.2, 0.25) is 5.91 Å². The maximum Gasteiger partial charge on any atom is 0.220 e. The van der Waals surface area contributed by atoms with Crippen molar-refractivity contribution in [3.8, 4) is 0 Å². The Morgan fingerprint density at radius 3 is 1.12 bits per heavy atom. The summed E-state index contributed by atoms with van der Waals surface area (Å²) in [6, 6.07) is -0.895. The van der Waals surface area contributed by atoms with Gasteiger partial charge in [-0.2, -0.15) is 0 Å². The Labute approximate surface area is 578 Å². The van der Waals surface area contributed by atoms with Crippen LogP contribution in [0.2, 0.25) is 0 Å². The minimum absolute atomic E-state index is 0.247. The summed E-state index contributed by atoms with van der Waals surface area (Å²) in [5, 5.41) is 121. The molecule has 0 saturated carbocycles. The van der Waals surface area contributed by atoms with E-state index in [4.69, 9.17) is 28.4 Å². The maximum atomic E-state index is 13.5. The monoisotopic (exact) mass is 1360 g/mol. The van der Waals surface area contributed by atoms with Crippen LogP contribution in [0.1, 0.15) is 277 Å². The summed E-state index contributed by atoms with van der Waals surface area (Å²) in [5.74, 6) is -0.247. The van der Waals surface area contributed by atoms with Crippen LogP contribution < -0.4 is 5.32 Å². The standard InChI is InChI=1S/C77H137NO18/c1-3-5-7-9-11-13-15-17-19-21-23-25-27-28-29-30-31-32-33-35-37-39-41-43-45-47-49-51-53-55-65(83)78-60(61(82)54-52-50-48-46-44-42-40-38-36-34-26-24-22-20-18-16-14-12-10-8-6-4-2)59-91-75-71(89)68(86)73(63(57-80)93-75)96-77-72(90)69(87)74(64(58-81)94-77)95-76-70(88)67(85)66(84)62(56-79)92-76/h5,7,11,13,17,19,23,25,28-29,31-32,60-64,66-77,79-82,84-90H,3-4,6,8-10,12,14-16,18,20-22,24,26-27,30,33-59H2,1-2H3,(H,78,83)/b7-5-,13-11-,19-17-,25-23-,29-28-,32-31-. The minimum Gasteiger partial charge on any atom is -0.394 e. The Morgan fingerprint density at radius 1 is 0.385 bits per heavy atom. The van der Waals surface area contributed by atoms with E-state index in [1.165, 1.54) is 148 Å². The molecule has 19 heteroatoms. The van der Waals surface area contributed by atoms with Crippen molar-refractivity contribution in [2.75, 3.05) is 26.4 Å². The lowest BCUT2D eigenvalue weighted by molar-refractivity contribution is -0.379. The fraction of sp³-hybridized carbons (Fsp3) is 0.831. The van der Waals surface area contributed by atoms with Gasteiger partial charge in [0.1, 0.15) is 73.2 Å². The number of rotatable bonds is 59. The van der Waals surface area contributed by atoms with Crippen LogP contribution in [-0.4, -0.2) is 193 Å². The van der Waals surface area contributed by atoms with Crippen molar-refractivity contribution in [2.24, 2.45) is 0 Å². The molecule has 3 fully saturated rings. The van der Waals surface area contributed by atoms with Gasteiger partial charge in [-0.1, -0.05) is 279 Å². The number of hydrogen-bond donors (Lipinski definition) is 12. The molecule has 3 heterocycles. The highest BCUT2D eigenvalue weighted by molar-refractivity contribution is 5.76. The van der Waals surface area contributed by atoms with Crippen LogP contribution in [-0.2, 0) is 33.2 Å². The third-order valence-electron chi connectivity index (χ3n) is 18.8. The number of carbonyl (C=O) groups is 1. The number of amides is 1. The second-order valence-corrected chi connectivity index (χ2v) is 27.1. The second-order valence-electron chi connectivity index (χ2n) is 27.1. The first-order valence-corrected chi connectivity index (χ1v) is 38.2. The fourth-order valence-electron chi connectivity index (χ4n) is 12.7. The quantitative estimate of drug-likeness (QED) is 0.0199. The van der Waals surface area contributed by atoms with Crippen LogP contribution in [0.15, 0.2) is 72.9 Å². The maximum absolute atomic E-state index is 13.5. The van der Waals surface area contributed by atoms with Gasteiger partial charge in [0.25, 0.3) is 0 Å². The van der Waals surface area contributed by atoms with Gasteiger partial charge in [-0.15, -0.1) is 0 Å². The lowest BCUT2D eigenvalue weighted by Gasteiger charge is -2.48. The molecule has 96 heavy (non-hydrogen) atoms. The van der Waals surface area contributed by atoms with E-state index in [9.17, 15) is 61.0 Å². The Hall–Kier alpha value is -2.77. The lowest BCUT2D eigenvalue weighted by Crippen LogP contribution is -2.66. The first-order chi connectivity index (χ1) is 46.8. The van der Waals surface area contributed by atoms with Crippen molar-refractivity contribution in [3.63, 3.8) is 0 Å². The Bertz CT molecular complexity index is 2020. The Kier molecular flexibility index (Phi) is 52.7. The van der Waals surface area contributed by atoms with E-state index in [-0.39, 0.29) is 18.9 Å². The molecule has 3 aliphatic rings. The number of ether oxygens (including phenoxy) is 6. The molecule has 0 aromatic carbocycles. The average molecular weight is 1360 g/mol. The molecule has 0 bridgehead atoms. The van der Waals surface area contributed by atoms with Crippen molar-refractivity contribution in [2.45, 2.75) is 381 Å². The average Bonchev–Trinajstić information content (AvgIpc) is 0.787. The van der Waals surface area contributed by atoms with Crippen molar-refractivity contribution in [3.05, 3.63) is 72.9 Å². The third kappa shape index (κ3) is 38.3. The number of unbranched alkanes of at least 4 members (excludes halogenated alkanes) is 31. The Balaban J connectivity index is 1.39. The molecule has 0 aromatic rings. The van der Waals surface area contributed by atoms with E-state index >= 15 is 0 Å².